The molecule has 6 heteroatoms. The van der Waals surface area contributed by atoms with Crippen molar-refractivity contribution in [3.05, 3.63) is 45.2 Å². The summed E-state index contributed by atoms with van der Waals surface area (Å²) >= 11 is 4.45. The first-order chi connectivity index (χ1) is 8.91. The van der Waals surface area contributed by atoms with E-state index in [0.717, 1.165) is 10.9 Å². The summed E-state index contributed by atoms with van der Waals surface area (Å²) < 4.78 is 39.5. The minimum Gasteiger partial charge on any atom is -0.315 e. The summed E-state index contributed by atoms with van der Waals surface area (Å²) in [6, 6.07) is 7.82. The maximum Gasteiger partial charge on any atom is 0.417 e. The van der Waals surface area contributed by atoms with E-state index in [0.29, 0.717) is 15.9 Å². The van der Waals surface area contributed by atoms with Crippen LogP contribution in [0.1, 0.15) is 10.4 Å². The van der Waals surface area contributed by atoms with Crippen LogP contribution in [0.5, 0.6) is 0 Å². The molecule has 0 aliphatic rings. The van der Waals surface area contributed by atoms with E-state index in [2.05, 4.69) is 21.2 Å². The molecule has 0 aliphatic heterocycles. The van der Waals surface area contributed by atoms with Crippen molar-refractivity contribution < 1.29 is 13.2 Å². The van der Waals surface area contributed by atoms with Gasteiger partial charge >= 0.3 is 6.18 Å². The summed E-state index contributed by atoms with van der Waals surface area (Å²) in [5.74, 6) is 0. The molecule has 102 valence electrons. The van der Waals surface area contributed by atoms with Gasteiger partial charge in [0.25, 0.3) is 0 Å². The fourth-order valence-electron chi connectivity index (χ4n) is 1.76. The highest BCUT2D eigenvalue weighted by molar-refractivity contribution is 9.10. The van der Waals surface area contributed by atoms with Crippen molar-refractivity contribution in [1.82, 2.24) is 5.32 Å². The van der Waals surface area contributed by atoms with Crippen LogP contribution in [0, 0.1) is 0 Å². The second kappa shape index (κ2) is 5.64. The van der Waals surface area contributed by atoms with Gasteiger partial charge in [-0.3, -0.25) is 0 Å². The lowest BCUT2D eigenvalue weighted by atomic mass is 10.1. The molecule has 1 aromatic carbocycles. The topological polar surface area (TPSA) is 12.0 Å². The van der Waals surface area contributed by atoms with Crippen molar-refractivity contribution in [3.63, 3.8) is 0 Å². The fraction of sp³-hybridized carbons (Fsp3) is 0.231. The molecule has 0 saturated carbocycles. The standard InChI is InChI=1S/C13H11BrF3NS/c1-18-7-9-3-5-12(19-9)10-4-2-8(14)6-11(10)13(15,16)17/h2-6,18H,7H2,1H3. The summed E-state index contributed by atoms with van der Waals surface area (Å²) in [5, 5.41) is 2.98. The van der Waals surface area contributed by atoms with Crippen LogP contribution in [0.15, 0.2) is 34.8 Å². The smallest absolute Gasteiger partial charge is 0.315 e. The molecule has 0 atom stereocenters. The SMILES string of the molecule is CNCc1ccc(-c2ccc(Br)cc2C(F)(F)F)s1. The highest BCUT2D eigenvalue weighted by Gasteiger charge is 2.34. The highest BCUT2D eigenvalue weighted by atomic mass is 79.9. The third-order valence-electron chi connectivity index (χ3n) is 2.57. The minimum atomic E-state index is -4.35. The third kappa shape index (κ3) is 3.38. The molecule has 1 heterocycles. The van der Waals surface area contributed by atoms with Crippen molar-refractivity contribution >= 4 is 27.3 Å². The van der Waals surface area contributed by atoms with Crippen molar-refractivity contribution in [2.24, 2.45) is 0 Å². The van der Waals surface area contributed by atoms with Gasteiger partial charge in [0.05, 0.1) is 5.56 Å². The fourth-order valence-corrected chi connectivity index (χ4v) is 3.18. The Bertz CT molecular complexity index is 578. The van der Waals surface area contributed by atoms with Gasteiger partial charge in [-0.05, 0) is 31.3 Å². The van der Waals surface area contributed by atoms with Crippen molar-refractivity contribution in [2.75, 3.05) is 7.05 Å². The summed E-state index contributed by atoms with van der Waals surface area (Å²) in [6.07, 6.45) is -4.35. The van der Waals surface area contributed by atoms with E-state index in [9.17, 15) is 13.2 Å². The molecule has 0 amide bonds. The van der Waals surface area contributed by atoms with Gasteiger partial charge in [0.1, 0.15) is 0 Å². The number of benzene rings is 1. The average molecular weight is 350 g/mol. The Morgan fingerprint density at radius 1 is 1.21 bits per heavy atom. The molecule has 0 bridgehead atoms. The number of rotatable bonds is 3. The maximum absolute atomic E-state index is 13.0. The molecule has 0 radical (unpaired) electrons. The zero-order chi connectivity index (χ0) is 14.0. The van der Waals surface area contributed by atoms with Gasteiger partial charge in [0, 0.05) is 26.3 Å². The Hall–Kier alpha value is -0.850. The van der Waals surface area contributed by atoms with Crippen LogP contribution in [-0.4, -0.2) is 7.05 Å². The Balaban J connectivity index is 2.48. The van der Waals surface area contributed by atoms with Crippen LogP contribution in [0.4, 0.5) is 13.2 Å². The predicted molar refractivity (Wildman–Crippen MR) is 75.2 cm³/mol. The molecule has 1 N–H and O–H groups in total. The Kier molecular flexibility index (Phi) is 4.32. The first-order valence-corrected chi connectivity index (χ1v) is 7.13. The first-order valence-electron chi connectivity index (χ1n) is 5.52. The molecule has 0 saturated heterocycles. The van der Waals surface area contributed by atoms with Crippen molar-refractivity contribution in [2.45, 2.75) is 12.7 Å². The van der Waals surface area contributed by atoms with Gasteiger partial charge in [0.2, 0.25) is 0 Å². The van der Waals surface area contributed by atoms with E-state index in [1.54, 1.807) is 19.2 Å². The second-order valence-electron chi connectivity index (χ2n) is 3.98. The zero-order valence-electron chi connectivity index (χ0n) is 10.0. The monoisotopic (exact) mass is 349 g/mol. The van der Waals surface area contributed by atoms with E-state index < -0.39 is 11.7 Å². The Labute approximate surface area is 121 Å². The summed E-state index contributed by atoms with van der Waals surface area (Å²) in [5.41, 5.74) is -0.386. The molecule has 1 nitrogen and oxygen atoms in total. The Morgan fingerprint density at radius 3 is 2.58 bits per heavy atom. The third-order valence-corrected chi connectivity index (χ3v) is 4.18. The molecule has 0 unspecified atom stereocenters. The van der Waals surface area contributed by atoms with Crippen molar-refractivity contribution in [3.8, 4) is 10.4 Å². The predicted octanol–water partition coefficient (Wildman–Crippen LogP) is 4.92. The summed E-state index contributed by atoms with van der Waals surface area (Å²) in [7, 11) is 1.81. The normalized spacial score (nSPS) is 11.8. The lowest BCUT2D eigenvalue weighted by molar-refractivity contribution is -0.137. The second-order valence-corrected chi connectivity index (χ2v) is 6.07. The van der Waals surface area contributed by atoms with Crippen molar-refractivity contribution in [1.29, 1.82) is 0 Å². The van der Waals surface area contributed by atoms with Gasteiger partial charge in [-0.1, -0.05) is 22.0 Å². The molecule has 0 fully saturated rings. The van der Waals surface area contributed by atoms with Crippen LogP contribution in [0.3, 0.4) is 0 Å². The number of hydrogen-bond acceptors (Lipinski definition) is 2. The number of hydrogen-bond donors (Lipinski definition) is 1. The zero-order valence-corrected chi connectivity index (χ0v) is 12.4. The molecule has 19 heavy (non-hydrogen) atoms. The van der Waals surface area contributed by atoms with Gasteiger partial charge in [0.15, 0.2) is 0 Å². The highest BCUT2D eigenvalue weighted by Crippen LogP contribution is 2.40. The average Bonchev–Trinajstić information content (AvgIpc) is 2.77. The summed E-state index contributed by atoms with van der Waals surface area (Å²) in [6.45, 7) is 0.655. The molecule has 0 spiro atoms. The van der Waals surface area contributed by atoms with Crippen LogP contribution < -0.4 is 5.32 Å². The summed E-state index contributed by atoms with van der Waals surface area (Å²) in [4.78, 5) is 1.64. The molecular weight excluding hydrogens is 339 g/mol. The van der Waals surface area contributed by atoms with E-state index in [1.165, 1.54) is 17.4 Å². The number of halogens is 4. The Morgan fingerprint density at radius 2 is 1.95 bits per heavy atom. The lowest BCUT2D eigenvalue weighted by Crippen LogP contribution is -2.06. The molecule has 2 rings (SSSR count). The quantitative estimate of drug-likeness (QED) is 0.829. The molecule has 2 aromatic rings. The minimum absolute atomic E-state index is 0.225. The maximum atomic E-state index is 13.0. The van der Waals surface area contributed by atoms with Crippen LogP contribution in [-0.2, 0) is 12.7 Å². The van der Waals surface area contributed by atoms with E-state index >= 15 is 0 Å². The number of thiophene rings is 1. The lowest BCUT2D eigenvalue weighted by Gasteiger charge is -2.12. The molecule has 1 aromatic heterocycles. The number of alkyl halides is 3. The van der Waals surface area contributed by atoms with Crippen LogP contribution in [0.2, 0.25) is 0 Å². The van der Waals surface area contributed by atoms with E-state index in [4.69, 9.17) is 0 Å². The van der Waals surface area contributed by atoms with Crippen LogP contribution >= 0.6 is 27.3 Å². The number of nitrogens with one attached hydrogen (secondary N) is 1. The molecule has 0 aliphatic carbocycles. The van der Waals surface area contributed by atoms with E-state index in [-0.39, 0.29) is 5.56 Å². The van der Waals surface area contributed by atoms with Gasteiger partial charge in [-0.2, -0.15) is 13.2 Å². The first kappa shape index (κ1) is 14.6. The largest absolute Gasteiger partial charge is 0.417 e. The van der Waals surface area contributed by atoms with Gasteiger partial charge in [-0.25, -0.2) is 0 Å². The van der Waals surface area contributed by atoms with E-state index in [1.807, 2.05) is 6.07 Å². The van der Waals surface area contributed by atoms with Crippen LogP contribution in [0.25, 0.3) is 10.4 Å². The molecular formula is C13H11BrF3NS. The van der Waals surface area contributed by atoms with Gasteiger partial charge in [-0.15, -0.1) is 11.3 Å². The van der Waals surface area contributed by atoms with Gasteiger partial charge < -0.3 is 5.32 Å².